The number of nitrogens with one attached hydrogen (secondary N) is 1. The van der Waals surface area contributed by atoms with Crippen molar-refractivity contribution in [2.75, 3.05) is 7.11 Å². The van der Waals surface area contributed by atoms with E-state index in [1.54, 1.807) is 12.3 Å². The molecule has 5 aliphatic rings. The van der Waals surface area contributed by atoms with Gasteiger partial charge in [-0.2, -0.15) is 0 Å². The van der Waals surface area contributed by atoms with Crippen LogP contribution in [0.1, 0.15) is 113 Å². The first kappa shape index (κ1) is 27.2. The van der Waals surface area contributed by atoms with Crippen molar-refractivity contribution in [3.63, 3.8) is 0 Å². The molecule has 11 atom stereocenters. The molecule has 0 aromatic carbocycles. The first-order valence-corrected chi connectivity index (χ1v) is 15.6. The summed E-state index contributed by atoms with van der Waals surface area (Å²) in [6.07, 6.45) is 12.8. The number of esters is 1. The van der Waals surface area contributed by atoms with Crippen LogP contribution in [-0.4, -0.2) is 41.8 Å². The maximum absolute atomic E-state index is 13.2. The van der Waals surface area contributed by atoms with Gasteiger partial charge in [-0.05, 0) is 104 Å². The maximum Gasteiger partial charge on any atom is 0.355 e. The highest BCUT2D eigenvalue weighted by atomic mass is 16.5. The van der Waals surface area contributed by atoms with Crippen LogP contribution in [0.3, 0.4) is 0 Å². The molecule has 4 saturated carbocycles. The lowest BCUT2D eigenvalue weighted by molar-refractivity contribution is -0.140. The second-order valence-corrected chi connectivity index (χ2v) is 14.4. The van der Waals surface area contributed by atoms with E-state index in [1.165, 1.54) is 39.2 Å². The van der Waals surface area contributed by atoms with Crippen molar-refractivity contribution in [3.8, 4) is 0 Å². The number of ether oxygens (including phenoxy) is 2. The Morgan fingerprint density at radius 2 is 1.95 bits per heavy atom. The van der Waals surface area contributed by atoms with E-state index in [1.807, 2.05) is 6.92 Å². The molecule has 6 nitrogen and oxygen atoms in total. The highest BCUT2D eigenvalue weighted by Crippen LogP contribution is 2.69. The summed E-state index contributed by atoms with van der Waals surface area (Å²) in [7, 11) is 1.33. The van der Waals surface area contributed by atoms with Gasteiger partial charge in [-0.15, -0.1) is 0 Å². The van der Waals surface area contributed by atoms with Crippen LogP contribution in [0.25, 0.3) is 0 Å². The molecule has 1 aromatic heterocycles. The molecule has 2 heterocycles. The van der Waals surface area contributed by atoms with Gasteiger partial charge in [0, 0.05) is 25.0 Å². The fraction of sp³-hybridized carbons (Fsp3) is 0.788. The maximum atomic E-state index is 13.2. The van der Waals surface area contributed by atoms with E-state index in [0.29, 0.717) is 46.0 Å². The van der Waals surface area contributed by atoms with Gasteiger partial charge in [-0.25, -0.2) is 4.79 Å². The first-order chi connectivity index (χ1) is 18.6. The van der Waals surface area contributed by atoms with Crippen LogP contribution >= 0.6 is 0 Å². The van der Waals surface area contributed by atoms with Gasteiger partial charge in [0.1, 0.15) is 11.5 Å². The van der Waals surface area contributed by atoms with Gasteiger partial charge in [0.15, 0.2) is 5.78 Å². The van der Waals surface area contributed by atoms with Crippen molar-refractivity contribution in [3.05, 3.63) is 23.5 Å². The number of ketones is 2. The van der Waals surface area contributed by atoms with E-state index >= 15 is 0 Å². The molecule has 0 amide bonds. The van der Waals surface area contributed by atoms with E-state index in [4.69, 9.17) is 9.47 Å². The van der Waals surface area contributed by atoms with Crippen LogP contribution in [0.15, 0.2) is 12.3 Å². The normalized spacial score (nSPS) is 43.7. The molecule has 0 unspecified atom stereocenters. The molecule has 0 radical (unpaired) electrons. The number of methoxy groups -OCH3 is 1. The summed E-state index contributed by atoms with van der Waals surface area (Å²) in [6.45, 7) is 9.46. The summed E-state index contributed by atoms with van der Waals surface area (Å²) in [5.74, 6) is 3.75. The van der Waals surface area contributed by atoms with E-state index in [-0.39, 0.29) is 23.5 Å². The minimum absolute atomic E-state index is 0.0126. The average molecular weight is 538 g/mol. The number of rotatable bonds is 6. The highest BCUT2D eigenvalue weighted by molar-refractivity contribution is 6.06. The van der Waals surface area contributed by atoms with Gasteiger partial charge < -0.3 is 14.5 Å². The highest BCUT2D eigenvalue weighted by Gasteiger charge is 2.65. The van der Waals surface area contributed by atoms with Crippen molar-refractivity contribution in [1.29, 1.82) is 0 Å². The molecular weight excluding hydrogens is 490 g/mol. The van der Waals surface area contributed by atoms with Crippen molar-refractivity contribution >= 4 is 17.5 Å². The number of hydrogen-bond acceptors (Lipinski definition) is 5. The van der Waals surface area contributed by atoms with Gasteiger partial charge in [0.25, 0.3) is 0 Å². The number of carbonyl (C=O) groups excluding carboxylic acids is 3. The lowest BCUT2D eigenvalue weighted by Gasteiger charge is -2.60. The van der Waals surface area contributed by atoms with Gasteiger partial charge in [0.2, 0.25) is 0 Å². The molecule has 6 heteroatoms. The van der Waals surface area contributed by atoms with Crippen LogP contribution in [0.2, 0.25) is 0 Å². The van der Waals surface area contributed by atoms with Crippen LogP contribution in [0.4, 0.5) is 0 Å². The summed E-state index contributed by atoms with van der Waals surface area (Å²) in [6, 6.07) is 1.68. The van der Waals surface area contributed by atoms with E-state index in [2.05, 4.69) is 25.8 Å². The topological polar surface area (TPSA) is 85.5 Å². The fourth-order valence-electron chi connectivity index (χ4n) is 10.7. The summed E-state index contributed by atoms with van der Waals surface area (Å²) >= 11 is 0. The third-order valence-corrected chi connectivity index (χ3v) is 12.8. The molecular formula is C33H47NO5. The minimum Gasteiger partial charge on any atom is -0.464 e. The molecule has 1 N–H and O–H groups in total. The Balaban J connectivity index is 1.11. The van der Waals surface area contributed by atoms with Crippen LogP contribution < -0.4 is 0 Å². The Labute approximate surface area is 233 Å². The van der Waals surface area contributed by atoms with E-state index in [0.717, 1.165) is 49.9 Å². The quantitative estimate of drug-likeness (QED) is 0.325. The molecule has 214 valence electrons. The van der Waals surface area contributed by atoms with Crippen LogP contribution in [0, 0.1) is 52.3 Å². The summed E-state index contributed by atoms with van der Waals surface area (Å²) < 4.78 is 11.7. The van der Waals surface area contributed by atoms with Crippen LogP contribution in [-0.2, 0) is 14.3 Å². The molecule has 1 aliphatic heterocycles. The van der Waals surface area contributed by atoms with Crippen LogP contribution in [0.5, 0.6) is 0 Å². The third kappa shape index (κ3) is 4.18. The molecule has 1 aromatic rings. The Kier molecular flexibility index (Phi) is 6.88. The summed E-state index contributed by atoms with van der Waals surface area (Å²) in [5.41, 5.74) is 1.34. The van der Waals surface area contributed by atoms with Gasteiger partial charge in [-0.1, -0.05) is 27.7 Å². The molecule has 0 spiro atoms. The van der Waals surface area contributed by atoms with Crippen molar-refractivity contribution in [2.45, 2.75) is 104 Å². The molecule has 6 rings (SSSR count). The molecule has 1 saturated heterocycles. The minimum atomic E-state index is -0.506. The zero-order chi connectivity index (χ0) is 27.7. The molecule has 5 fully saturated rings. The first-order valence-electron chi connectivity index (χ1n) is 15.6. The largest absolute Gasteiger partial charge is 0.464 e. The fourth-order valence-corrected chi connectivity index (χ4v) is 10.7. The van der Waals surface area contributed by atoms with Gasteiger partial charge in [-0.3, -0.25) is 9.59 Å². The smallest absolute Gasteiger partial charge is 0.355 e. The SMILES string of the molecule is COC(=O)c1[nH]ccc1C(=O)[C@@H](C)CC[C@H]1O[C@H]2C[C@H]3[C@@H]4CC[C@@H]5CC(=O)CC[C@]5(C)[C@H]4CC[C@]3(C)[C@H]2[C@@H]1C. The van der Waals surface area contributed by atoms with Crippen molar-refractivity contribution in [1.82, 2.24) is 4.98 Å². The summed E-state index contributed by atoms with van der Waals surface area (Å²) in [4.78, 5) is 40.3. The predicted molar refractivity (Wildman–Crippen MR) is 148 cm³/mol. The Bertz CT molecular complexity index is 1140. The molecule has 4 aliphatic carbocycles. The van der Waals surface area contributed by atoms with Crippen molar-refractivity contribution in [2.24, 2.45) is 52.3 Å². The van der Waals surface area contributed by atoms with E-state index in [9.17, 15) is 14.4 Å². The second-order valence-electron chi connectivity index (χ2n) is 14.4. The number of H-pyrrole nitrogens is 1. The zero-order valence-electron chi connectivity index (χ0n) is 24.5. The lowest BCUT2D eigenvalue weighted by atomic mass is 9.44. The molecule has 39 heavy (non-hydrogen) atoms. The number of carbonyl (C=O) groups is 3. The number of fused-ring (bicyclic) bond motifs is 7. The molecule has 0 bridgehead atoms. The van der Waals surface area contributed by atoms with Gasteiger partial charge in [0.05, 0.1) is 24.9 Å². The second kappa shape index (κ2) is 9.85. The number of hydrogen-bond donors (Lipinski definition) is 1. The average Bonchev–Trinajstić information content (AvgIpc) is 3.60. The number of aromatic nitrogens is 1. The van der Waals surface area contributed by atoms with Gasteiger partial charge >= 0.3 is 5.97 Å². The Hall–Kier alpha value is -1.95. The number of Topliss-reactive ketones (excluding diaryl/α,β-unsaturated/α-hetero) is 2. The summed E-state index contributed by atoms with van der Waals surface area (Å²) in [5, 5.41) is 0. The Morgan fingerprint density at radius 3 is 2.72 bits per heavy atom. The standard InChI is InChI=1S/C33H47NO5/c1-18(30(36)23-12-15-34-29(23)31(37)38-5)6-9-26-19(2)28-27(39-26)17-25-22-8-7-20-16-21(35)10-13-32(20,3)24(22)11-14-33(25,28)4/h12,15,18-20,22,24-28,34H,6-11,13-14,16-17H2,1-5H3/t18-,19+,20+,22+,24-,25-,26+,27-,28-,32-,33-/m0/s1. The Morgan fingerprint density at radius 1 is 1.15 bits per heavy atom. The van der Waals surface area contributed by atoms with Crippen molar-refractivity contribution < 1.29 is 23.9 Å². The third-order valence-electron chi connectivity index (χ3n) is 12.8. The lowest BCUT2D eigenvalue weighted by Crippen LogP contribution is -2.54. The number of aromatic amines is 1. The predicted octanol–water partition coefficient (Wildman–Crippen LogP) is 6.64. The monoisotopic (exact) mass is 537 g/mol. The van der Waals surface area contributed by atoms with E-state index < -0.39 is 5.97 Å². The zero-order valence-corrected chi connectivity index (χ0v) is 24.5.